The van der Waals surface area contributed by atoms with Crippen LogP contribution in [0.5, 0.6) is 0 Å². The summed E-state index contributed by atoms with van der Waals surface area (Å²) in [6.07, 6.45) is 2.08. The van der Waals surface area contributed by atoms with Crippen molar-refractivity contribution in [2.75, 3.05) is 18.5 Å². The van der Waals surface area contributed by atoms with Crippen LogP contribution in [0.3, 0.4) is 0 Å². The van der Waals surface area contributed by atoms with Crippen LogP contribution in [0.2, 0.25) is 0 Å². The quantitative estimate of drug-likeness (QED) is 0.686. The molecule has 1 aliphatic heterocycles. The largest absolute Gasteiger partial charge is 0.376 e. The fourth-order valence-corrected chi connectivity index (χ4v) is 3.05. The normalized spacial score (nSPS) is 16.4. The van der Waals surface area contributed by atoms with Gasteiger partial charge in [-0.1, -0.05) is 12.1 Å². The monoisotopic (exact) mass is 450 g/mol. The first-order valence-electron chi connectivity index (χ1n) is 8.19. The van der Waals surface area contributed by atoms with Gasteiger partial charge in [0, 0.05) is 22.3 Å². The van der Waals surface area contributed by atoms with Crippen molar-refractivity contribution < 1.29 is 14.3 Å². The Labute approximate surface area is 160 Å². The minimum atomic E-state index is -0.240. The first kappa shape index (κ1) is 17.9. The topological polar surface area (TPSA) is 67.4 Å². The van der Waals surface area contributed by atoms with E-state index in [4.69, 9.17) is 4.74 Å². The van der Waals surface area contributed by atoms with Gasteiger partial charge in [0.05, 0.1) is 17.4 Å². The van der Waals surface area contributed by atoms with Crippen LogP contribution in [0.4, 0.5) is 5.69 Å². The van der Waals surface area contributed by atoms with Gasteiger partial charge in [-0.2, -0.15) is 0 Å². The van der Waals surface area contributed by atoms with Crippen LogP contribution in [0, 0.1) is 3.57 Å². The molecule has 3 rings (SSSR count). The number of hydrogen-bond donors (Lipinski definition) is 2. The molecule has 0 saturated carbocycles. The van der Waals surface area contributed by atoms with Gasteiger partial charge in [-0.15, -0.1) is 0 Å². The fraction of sp³-hybridized carbons (Fsp3) is 0.263. The molecule has 6 heteroatoms. The van der Waals surface area contributed by atoms with Crippen LogP contribution >= 0.6 is 22.6 Å². The highest BCUT2D eigenvalue weighted by Crippen LogP contribution is 2.17. The third-order valence-electron chi connectivity index (χ3n) is 4.04. The second-order valence-electron chi connectivity index (χ2n) is 5.85. The average Bonchev–Trinajstić information content (AvgIpc) is 3.14. The van der Waals surface area contributed by atoms with Gasteiger partial charge in [0.25, 0.3) is 11.8 Å². The predicted octanol–water partition coefficient (Wildman–Crippen LogP) is 3.45. The zero-order valence-corrected chi connectivity index (χ0v) is 15.8. The SMILES string of the molecule is O=C(Nc1ccccc1C(=O)NC[C@@H]1CCCO1)c1ccc(I)cc1. The molecule has 0 aromatic heterocycles. The maximum Gasteiger partial charge on any atom is 0.255 e. The number of halogens is 1. The molecule has 130 valence electrons. The maximum absolute atomic E-state index is 12.5. The molecule has 0 aliphatic carbocycles. The summed E-state index contributed by atoms with van der Waals surface area (Å²) < 4.78 is 6.57. The maximum atomic E-state index is 12.5. The van der Waals surface area contributed by atoms with Crippen molar-refractivity contribution in [2.24, 2.45) is 0 Å². The molecule has 1 fully saturated rings. The third-order valence-corrected chi connectivity index (χ3v) is 4.76. The lowest BCUT2D eigenvalue weighted by Gasteiger charge is -2.14. The summed E-state index contributed by atoms with van der Waals surface area (Å²) in [5.41, 5.74) is 1.49. The molecule has 1 heterocycles. The highest BCUT2D eigenvalue weighted by molar-refractivity contribution is 14.1. The summed E-state index contributed by atoms with van der Waals surface area (Å²) >= 11 is 2.19. The number of benzene rings is 2. The van der Waals surface area contributed by atoms with Crippen molar-refractivity contribution in [3.63, 3.8) is 0 Å². The number of anilines is 1. The van der Waals surface area contributed by atoms with E-state index in [-0.39, 0.29) is 17.9 Å². The van der Waals surface area contributed by atoms with Crippen LogP contribution in [0.1, 0.15) is 33.6 Å². The van der Waals surface area contributed by atoms with Crippen molar-refractivity contribution in [1.29, 1.82) is 0 Å². The molecule has 1 saturated heterocycles. The lowest BCUT2D eigenvalue weighted by atomic mass is 10.1. The fourth-order valence-electron chi connectivity index (χ4n) is 2.69. The molecule has 0 unspecified atom stereocenters. The van der Waals surface area contributed by atoms with Crippen LogP contribution in [-0.4, -0.2) is 31.1 Å². The van der Waals surface area contributed by atoms with Crippen molar-refractivity contribution in [1.82, 2.24) is 5.32 Å². The molecule has 5 nitrogen and oxygen atoms in total. The predicted molar refractivity (Wildman–Crippen MR) is 105 cm³/mol. The number of hydrogen-bond acceptors (Lipinski definition) is 3. The summed E-state index contributed by atoms with van der Waals surface area (Å²) in [6, 6.07) is 14.3. The van der Waals surface area contributed by atoms with Crippen molar-refractivity contribution in [2.45, 2.75) is 18.9 Å². The van der Waals surface area contributed by atoms with Crippen molar-refractivity contribution in [3.05, 3.63) is 63.2 Å². The number of amides is 2. The second kappa shape index (κ2) is 8.44. The van der Waals surface area contributed by atoms with Crippen LogP contribution in [0.15, 0.2) is 48.5 Å². The van der Waals surface area contributed by atoms with E-state index >= 15 is 0 Å². The first-order chi connectivity index (χ1) is 12.1. The Morgan fingerprint density at radius 2 is 1.84 bits per heavy atom. The van der Waals surface area contributed by atoms with E-state index in [0.717, 1.165) is 23.0 Å². The molecule has 0 radical (unpaired) electrons. The standard InChI is InChI=1S/C19H19IN2O3/c20-14-9-7-13(8-10-14)18(23)22-17-6-2-1-5-16(17)19(24)21-12-15-4-3-11-25-15/h1-2,5-10,15H,3-4,11-12H2,(H,21,24)(H,22,23)/t15-/m0/s1. The molecular formula is C19H19IN2O3. The van der Waals surface area contributed by atoms with Crippen LogP contribution in [-0.2, 0) is 4.74 Å². The average molecular weight is 450 g/mol. The van der Waals surface area contributed by atoms with Crippen LogP contribution in [0.25, 0.3) is 0 Å². The van der Waals surface area contributed by atoms with Gasteiger partial charge in [0.15, 0.2) is 0 Å². The van der Waals surface area contributed by atoms with Crippen molar-refractivity contribution in [3.8, 4) is 0 Å². The van der Waals surface area contributed by atoms with Crippen LogP contribution < -0.4 is 10.6 Å². The van der Waals surface area contributed by atoms with Gasteiger partial charge in [-0.05, 0) is 71.8 Å². The number of rotatable bonds is 5. The molecule has 1 aliphatic rings. The Balaban J connectivity index is 1.68. The summed E-state index contributed by atoms with van der Waals surface area (Å²) in [4.78, 5) is 24.9. The smallest absolute Gasteiger partial charge is 0.255 e. The van der Waals surface area contributed by atoms with E-state index < -0.39 is 0 Å². The zero-order valence-electron chi connectivity index (χ0n) is 13.6. The van der Waals surface area contributed by atoms with E-state index in [0.29, 0.717) is 23.4 Å². The summed E-state index contributed by atoms with van der Waals surface area (Å²) in [7, 11) is 0. The van der Waals surface area contributed by atoms with Gasteiger partial charge >= 0.3 is 0 Å². The lowest BCUT2D eigenvalue weighted by molar-refractivity contribution is 0.0858. The Hall–Kier alpha value is -1.93. The van der Waals surface area contributed by atoms with E-state index in [2.05, 4.69) is 33.2 Å². The highest BCUT2D eigenvalue weighted by atomic mass is 127. The lowest BCUT2D eigenvalue weighted by Crippen LogP contribution is -2.32. The van der Waals surface area contributed by atoms with Crippen molar-refractivity contribution >= 4 is 40.1 Å². The Kier molecular flexibility index (Phi) is 6.04. The Morgan fingerprint density at radius 3 is 2.56 bits per heavy atom. The molecule has 25 heavy (non-hydrogen) atoms. The minimum Gasteiger partial charge on any atom is -0.376 e. The number of ether oxygens (including phenoxy) is 1. The molecule has 0 bridgehead atoms. The van der Waals surface area contributed by atoms with Gasteiger partial charge in [0.1, 0.15) is 0 Å². The molecule has 0 spiro atoms. The molecule has 2 amide bonds. The van der Waals surface area contributed by atoms with Gasteiger partial charge in [-0.25, -0.2) is 0 Å². The summed E-state index contributed by atoms with van der Waals surface area (Å²) in [5.74, 6) is -0.454. The third kappa shape index (κ3) is 4.79. The summed E-state index contributed by atoms with van der Waals surface area (Å²) in [5, 5.41) is 5.71. The Morgan fingerprint density at radius 1 is 1.08 bits per heavy atom. The van der Waals surface area contributed by atoms with E-state index in [1.165, 1.54) is 0 Å². The number of carbonyl (C=O) groups excluding carboxylic acids is 2. The summed E-state index contributed by atoms with van der Waals surface area (Å²) in [6.45, 7) is 1.24. The van der Waals surface area contributed by atoms with Gasteiger partial charge in [0.2, 0.25) is 0 Å². The first-order valence-corrected chi connectivity index (χ1v) is 9.27. The number of carbonyl (C=O) groups is 2. The zero-order chi connectivity index (χ0) is 17.6. The number of para-hydroxylation sites is 1. The Bertz CT molecular complexity index is 756. The molecule has 2 aromatic carbocycles. The molecule has 1 atom stereocenters. The number of nitrogens with one attached hydrogen (secondary N) is 2. The molecular weight excluding hydrogens is 431 g/mol. The molecule has 2 N–H and O–H groups in total. The van der Waals surface area contributed by atoms with E-state index in [9.17, 15) is 9.59 Å². The van der Waals surface area contributed by atoms with Gasteiger partial charge < -0.3 is 15.4 Å². The van der Waals surface area contributed by atoms with E-state index in [1.807, 2.05) is 12.1 Å². The van der Waals surface area contributed by atoms with Gasteiger partial charge in [-0.3, -0.25) is 9.59 Å². The molecule has 2 aromatic rings. The second-order valence-corrected chi connectivity index (χ2v) is 7.10. The minimum absolute atomic E-state index is 0.0810. The van der Waals surface area contributed by atoms with E-state index in [1.54, 1.807) is 36.4 Å². The highest BCUT2D eigenvalue weighted by Gasteiger charge is 2.18.